The lowest BCUT2D eigenvalue weighted by Crippen LogP contribution is -2.64. The molecule has 0 heterocycles. The van der Waals surface area contributed by atoms with Crippen molar-refractivity contribution in [1.29, 1.82) is 0 Å². The molecule has 6 fully saturated rings. The summed E-state index contributed by atoms with van der Waals surface area (Å²) in [5, 5.41) is 21.1. The average Bonchev–Trinajstić information content (AvgIpc) is 2.93. The van der Waals surface area contributed by atoms with Gasteiger partial charge in [-0.15, -0.1) is 0 Å². The normalized spacial score (nSPS) is 65.7. The summed E-state index contributed by atoms with van der Waals surface area (Å²) in [6, 6.07) is 0. The number of hydrogen-bond acceptors (Lipinski definition) is 2. The van der Waals surface area contributed by atoms with Crippen LogP contribution >= 0.6 is 0 Å². The SMILES string of the molecule is CC1(C(=O)O)CCCC2(C)C1CC(O)C13CC4C(CC21)C4(C)C3. The lowest BCUT2D eigenvalue weighted by Gasteiger charge is -2.66. The summed E-state index contributed by atoms with van der Waals surface area (Å²) >= 11 is 0. The molecule has 3 nitrogen and oxygen atoms in total. The molecule has 4 bridgehead atoms. The Morgan fingerprint density at radius 1 is 1.00 bits per heavy atom. The second kappa shape index (κ2) is 3.81. The summed E-state index contributed by atoms with van der Waals surface area (Å²) in [6.07, 6.45) is 7.06. The van der Waals surface area contributed by atoms with Crippen LogP contribution in [0.2, 0.25) is 0 Å². The first-order valence-electron chi connectivity index (χ1n) is 9.60. The van der Waals surface area contributed by atoms with Gasteiger partial charge in [0.1, 0.15) is 0 Å². The summed E-state index contributed by atoms with van der Waals surface area (Å²) in [7, 11) is 0. The van der Waals surface area contributed by atoms with Gasteiger partial charge < -0.3 is 10.2 Å². The number of carbonyl (C=O) groups is 1. The van der Waals surface area contributed by atoms with E-state index < -0.39 is 11.4 Å². The molecule has 0 aromatic heterocycles. The molecule has 0 aromatic carbocycles. The van der Waals surface area contributed by atoms with E-state index >= 15 is 0 Å². The number of aliphatic hydroxyl groups excluding tert-OH is 1. The van der Waals surface area contributed by atoms with Crippen LogP contribution in [0.15, 0.2) is 0 Å². The van der Waals surface area contributed by atoms with Gasteiger partial charge >= 0.3 is 5.97 Å². The minimum absolute atomic E-state index is 0.107. The Hall–Kier alpha value is -0.570. The maximum Gasteiger partial charge on any atom is 0.309 e. The van der Waals surface area contributed by atoms with Crippen LogP contribution in [0.4, 0.5) is 0 Å². The van der Waals surface area contributed by atoms with Crippen molar-refractivity contribution in [3.8, 4) is 0 Å². The van der Waals surface area contributed by atoms with E-state index in [1.165, 1.54) is 19.3 Å². The monoisotopic (exact) mass is 318 g/mol. The molecule has 6 aliphatic rings. The fourth-order valence-electron chi connectivity index (χ4n) is 8.77. The number of rotatable bonds is 1. The van der Waals surface area contributed by atoms with Gasteiger partial charge in [0.15, 0.2) is 0 Å². The molecule has 9 unspecified atom stereocenters. The summed E-state index contributed by atoms with van der Waals surface area (Å²) in [5.74, 6) is 1.74. The van der Waals surface area contributed by atoms with Gasteiger partial charge in [-0.25, -0.2) is 0 Å². The van der Waals surface area contributed by atoms with E-state index in [-0.39, 0.29) is 22.9 Å². The molecule has 0 aliphatic heterocycles. The Kier molecular flexibility index (Phi) is 2.45. The molecule has 23 heavy (non-hydrogen) atoms. The van der Waals surface area contributed by atoms with Crippen molar-refractivity contribution in [2.45, 2.75) is 71.8 Å². The minimum atomic E-state index is -0.650. The number of hydrogen-bond donors (Lipinski definition) is 2. The predicted molar refractivity (Wildman–Crippen MR) is 86.7 cm³/mol. The van der Waals surface area contributed by atoms with E-state index in [4.69, 9.17) is 0 Å². The van der Waals surface area contributed by atoms with E-state index in [0.29, 0.717) is 17.8 Å². The van der Waals surface area contributed by atoms with E-state index in [1.54, 1.807) is 0 Å². The maximum atomic E-state index is 12.1. The van der Waals surface area contributed by atoms with Crippen LogP contribution in [-0.2, 0) is 4.79 Å². The van der Waals surface area contributed by atoms with Gasteiger partial charge in [0.2, 0.25) is 0 Å². The van der Waals surface area contributed by atoms with Crippen LogP contribution in [0.5, 0.6) is 0 Å². The fourth-order valence-corrected chi connectivity index (χ4v) is 8.77. The summed E-state index contributed by atoms with van der Waals surface area (Å²) in [4.78, 5) is 12.1. The summed E-state index contributed by atoms with van der Waals surface area (Å²) in [5.41, 5.74) is 0.0736. The van der Waals surface area contributed by atoms with E-state index in [2.05, 4.69) is 13.8 Å². The lowest BCUT2D eigenvalue weighted by molar-refractivity contribution is -0.219. The Morgan fingerprint density at radius 3 is 2.35 bits per heavy atom. The van der Waals surface area contributed by atoms with Crippen molar-refractivity contribution in [2.24, 2.45) is 45.3 Å². The predicted octanol–water partition coefficient (Wildman–Crippen LogP) is 3.70. The third-order valence-electron chi connectivity index (χ3n) is 9.95. The highest BCUT2D eigenvalue weighted by atomic mass is 16.4. The largest absolute Gasteiger partial charge is 0.481 e. The molecule has 6 rings (SSSR count). The highest BCUT2D eigenvalue weighted by Gasteiger charge is 2.80. The minimum Gasteiger partial charge on any atom is -0.481 e. The van der Waals surface area contributed by atoms with Gasteiger partial charge in [-0.05, 0) is 80.0 Å². The molecule has 3 heteroatoms. The molecule has 128 valence electrons. The molecule has 2 N–H and O–H groups in total. The highest BCUT2D eigenvalue weighted by molar-refractivity contribution is 5.75. The van der Waals surface area contributed by atoms with Crippen molar-refractivity contribution in [2.75, 3.05) is 0 Å². The van der Waals surface area contributed by atoms with E-state index in [0.717, 1.165) is 31.1 Å². The number of aliphatic hydroxyl groups is 1. The second-order valence-corrected chi connectivity index (χ2v) is 10.5. The molecular formula is C20H30O3. The first-order chi connectivity index (χ1) is 10.7. The maximum absolute atomic E-state index is 12.1. The first-order valence-corrected chi connectivity index (χ1v) is 9.60. The van der Waals surface area contributed by atoms with Crippen LogP contribution in [0.25, 0.3) is 0 Å². The van der Waals surface area contributed by atoms with E-state index in [1.807, 2.05) is 6.92 Å². The quantitative estimate of drug-likeness (QED) is 0.775. The van der Waals surface area contributed by atoms with Crippen LogP contribution < -0.4 is 0 Å². The van der Waals surface area contributed by atoms with Crippen LogP contribution in [0.3, 0.4) is 0 Å². The van der Waals surface area contributed by atoms with Crippen LogP contribution in [0.1, 0.15) is 65.7 Å². The zero-order valence-corrected chi connectivity index (χ0v) is 14.6. The molecule has 0 amide bonds. The van der Waals surface area contributed by atoms with Crippen LogP contribution in [0, 0.1) is 45.3 Å². The standard InChI is InChI=1S/C20H30O3/c1-17-5-4-6-18(2,16(22)23)13(17)8-15(21)20-9-12-11(7-14(17)20)19(12,3)10-20/h11-15,21H,4-10H2,1-3H3,(H,22,23). The fraction of sp³-hybridized carbons (Fsp3) is 0.950. The number of carboxylic acids is 1. The number of fused-ring (bicyclic) bond motifs is 1. The smallest absolute Gasteiger partial charge is 0.309 e. The molecule has 0 radical (unpaired) electrons. The van der Waals surface area contributed by atoms with Gasteiger partial charge in [0.25, 0.3) is 0 Å². The van der Waals surface area contributed by atoms with Crippen molar-refractivity contribution < 1.29 is 15.0 Å². The summed E-state index contributed by atoms with van der Waals surface area (Å²) < 4.78 is 0. The topological polar surface area (TPSA) is 57.5 Å². The third-order valence-corrected chi connectivity index (χ3v) is 9.95. The van der Waals surface area contributed by atoms with Gasteiger partial charge in [0.05, 0.1) is 11.5 Å². The third kappa shape index (κ3) is 1.38. The number of carboxylic acid groups (broad SMARTS) is 1. The van der Waals surface area contributed by atoms with Gasteiger partial charge in [-0.2, -0.15) is 0 Å². The molecule has 1 spiro atoms. The average molecular weight is 318 g/mol. The molecular weight excluding hydrogens is 288 g/mol. The molecule has 0 aromatic rings. The van der Waals surface area contributed by atoms with Crippen molar-refractivity contribution >= 4 is 5.97 Å². The second-order valence-electron chi connectivity index (χ2n) is 10.5. The van der Waals surface area contributed by atoms with Gasteiger partial charge in [0, 0.05) is 5.41 Å². The van der Waals surface area contributed by atoms with E-state index in [9.17, 15) is 15.0 Å². The zero-order valence-electron chi connectivity index (χ0n) is 14.6. The van der Waals surface area contributed by atoms with Crippen molar-refractivity contribution in [3.05, 3.63) is 0 Å². The molecule has 0 saturated heterocycles. The van der Waals surface area contributed by atoms with Gasteiger partial charge in [-0.3, -0.25) is 4.79 Å². The Balaban J connectivity index is 1.60. The Labute approximate surface area is 138 Å². The zero-order chi connectivity index (χ0) is 16.4. The van der Waals surface area contributed by atoms with Crippen molar-refractivity contribution in [1.82, 2.24) is 0 Å². The Bertz CT molecular complexity index is 602. The molecule has 6 saturated carbocycles. The molecule has 6 aliphatic carbocycles. The Morgan fingerprint density at radius 2 is 1.74 bits per heavy atom. The van der Waals surface area contributed by atoms with Gasteiger partial charge in [-0.1, -0.05) is 20.3 Å². The molecule has 9 atom stereocenters. The summed E-state index contributed by atoms with van der Waals surface area (Å²) in [6.45, 7) is 6.78. The highest BCUT2D eigenvalue weighted by Crippen LogP contribution is 2.85. The lowest BCUT2D eigenvalue weighted by atomic mass is 9.39. The first kappa shape index (κ1) is 14.7. The van der Waals surface area contributed by atoms with Crippen molar-refractivity contribution in [3.63, 3.8) is 0 Å². The van der Waals surface area contributed by atoms with Crippen LogP contribution in [-0.4, -0.2) is 22.3 Å². The number of aliphatic carboxylic acids is 1.